The van der Waals surface area contributed by atoms with Crippen LogP contribution in [0.3, 0.4) is 0 Å². The summed E-state index contributed by atoms with van der Waals surface area (Å²) in [5, 5.41) is 4.53. The first-order chi connectivity index (χ1) is 13.4. The molecule has 2 aromatic rings. The van der Waals surface area contributed by atoms with Gasteiger partial charge in [-0.2, -0.15) is 13.2 Å². The number of imidazole rings is 1. The zero-order valence-electron chi connectivity index (χ0n) is 16.2. The van der Waals surface area contributed by atoms with Crippen LogP contribution >= 0.6 is 0 Å². The van der Waals surface area contributed by atoms with Crippen molar-refractivity contribution in [2.75, 3.05) is 6.54 Å². The van der Waals surface area contributed by atoms with Crippen molar-refractivity contribution < 1.29 is 27.5 Å². The molecule has 0 spiro atoms. The lowest BCUT2D eigenvalue weighted by Gasteiger charge is -2.19. The quantitative estimate of drug-likeness (QED) is 0.717. The second-order valence-corrected chi connectivity index (χ2v) is 7.81. The van der Waals surface area contributed by atoms with Crippen LogP contribution < -0.4 is 10.6 Å². The molecule has 11 heteroatoms. The smallest absolute Gasteiger partial charge is 0.410 e. The average Bonchev–Trinajstić information content (AvgIpc) is 3.14. The predicted octanol–water partition coefficient (Wildman–Crippen LogP) is 3.04. The number of hydrogen-bond donors (Lipinski definition) is 3. The topological polar surface area (TPSA) is 99.3 Å². The number of ether oxygens (including phenoxy) is 1. The predicted molar refractivity (Wildman–Crippen MR) is 98.0 cm³/mol. The van der Waals surface area contributed by atoms with E-state index in [1.165, 1.54) is 0 Å². The van der Waals surface area contributed by atoms with Crippen LogP contribution in [0.2, 0.25) is 0 Å². The first-order valence-electron chi connectivity index (χ1n) is 8.97. The fourth-order valence-corrected chi connectivity index (χ4v) is 2.89. The van der Waals surface area contributed by atoms with Crippen LogP contribution in [-0.4, -0.2) is 51.4 Å². The minimum absolute atomic E-state index is 0.0405. The summed E-state index contributed by atoms with van der Waals surface area (Å²) in [5.74, 6) is 0.499. The Balaban J connectivity index is 1.64. The molecule has 1 saturated heterocycles. The van der Waals surface area contributed by atoms with Gasteiger partial charge in [-0.3, -0.25) is 0 Å². The van der Waals surface area contributed by atoms with Crippen LogP contribution in [0.1, 0.15) is 32.2 Å². The molecule has 0 radical (unpaired) electrons. The number of fused-ring (bicyclic) bond motifs is 1. The molecule has 0 aliphatic carbocycles. The number of alkyl halides is 3. The molecule has 158 valence electrons. The fourth-order valence-electron chi connectivity index (χ4n) is 2.89. The van der Waals surface area contributed by atoms with Crippen molar-refractivity contribution in [2.24, 2.45) is 0 Å². The van der Waals surface area contributed by atoms with E-state index < -0.39 is 36.5 Å². The van der Waals surface area contributed by atoms with Gasteiger partial charge in [-0.25, -0.2) is 14.6 Å². The van der Waals surface area contributed by atoms with Crippen LogP contribution in [0.5, 0.6) is 0 Å². The average molecular weight is 413 g/mol. The van der Waals surface area contributed by atoms with Gasteiger partial charge in [0.2, 0.25) is 0 Å². The van der Waals surface area contributed by atoms with Gasteiger partial charge in [0.15, 0.2) is 0 Å². The van der Waals surface area contributed by atoms with Crippen LogP contribution in [0.15, 0.2) is 18.2 Å². The van der Waals surface area contributed by atoms with Gasteiger partial charge in [0.25, 0.3) is 0 Å². The number of aromatic amines is 1. The maximum Gasteiger partial charge on any atom is 0.410 e. The third kappa shape index (κ3) is 5.30. The van der Waals surface area contributed by atoms with E-state index in [4.69, 9.17) is 4.74 Å². The molecular formula is C18H22F3N5O3. The van der Waals surface area contributed by atoms with Crippen molar-refractivity contribution in [1.82, 2.24) is 25.5 Å². The van der Waals surface area contributed by atoms with Gasteiger partial charge >= 0.3 is 18.3 Å². The Labute approximate surface area is 164 Å². The molecule has 1 aliphatic rings. The number of H-pyrrole nitrogens is 1. The molecule has 1 aromatic heterocycles. The molecule has 29 heavy (non-hydrogen) atoms. The van der Waals surface area contributed by atoms with Crippen LogP contribution in [0.4, 0.5) is 22.8 Å². The number of rotatable bonds is 4. The summed E-state index contributed by atoms with van der Waals surface area (Å²) in [5.41, 5.74) is 1.33. The zero-order valence-corrected chi connectivity index (χ0v) is 16.2. The summed E-state index contributed by atoms with van der Waals surface area (Å²) >= 11 is 0. The minimum atomic E-state index is -4.48. The number of alkyl carbamates (subject to hydrolysis) is 1. The Morgan fingerprint density at radius 3 is 2.69 bits per heavy atom. The highest BCUT2D eigenvalue weighted by atomic mass is 19.4. The van der Waals surface area contributed by atoms with E-state index in [-0.39, 0.29) is 13.1 Å². The largest absolute Gasteiger partial charge is 0.444 e. The van der Waals surface area contributed by atoms with Gasteiger partial charge in [0.05, 0.1) is 24.1 Å². The lowest BCUT2D eigenvalue weighted by molar-refractivity contribution is -0.149. The SMILES string of the molecule is CC(C)(C)OC(=O)NCc1nc2ccc(CN3CC(C(F)(F)F)NC3=O)cc2[nH]1. The van der Waals surface area contributed by atoms with Gasteiger partial charge in [0, 0.05) is 6.54 Å². The Hall–Kier alpha value is -2.98. The molecule has 1 fully saturated rings. The summed E-state index contributed by atoms with van der Waals surface area (Å²) in [7, 11) is 0. The van der Waals surface area contributed by atoms with Crippen molar-refractivity contribution in [3.8, 4) is 0 Å². The number of carbonyl (C=O) groups is 2. The van der Waals surface area contributed by atoms with E-state index in [0.717, 1.165) is 4.90 Å². The lowest BCUT2D eigenvalue weighted by Crippen LogP contribution is -2.40. The fraction of sp³-hybridized carbons (Fsp3) is 0.500. The van der Waals surface area contributed by atoms with E-state index in [0.29, 0.717) is 22.4 Å². The maximum absolute atomic E-state index is 12.8. The molecule has 8 nitrogen and oxygen atoms in total. The number of halogens is 3. The van der Waals surface area contributed by atoms with E-state index in [1.807, 2.05) is 5.32 Å². The second kappa shape index (κ2) is 7.45. The number of carbonyl (C=O) groups excluding carboxylic acids is 2. The first kappa shape index (κ1) is 20.7. The van der Waals surface area contributed by atoms with Crippen molar-refractivity contribution in [2.45, 2.75) is 51.7 Å². The van der Waals surface area contributed by atoms with Crippen LogP contribution in [-0.2, 0) is 17.8 Å². The highest BCUT2D eigenvalue weighted by molar-refractivity contribution is 5.78. The lowest BCUT2D eigenvalue weighted by atomic mass is 10.2. The minimum Gasteiger partial charge on any atom is -0.444 e. The third-order valence-corrected chi connectivity index (χ3v) is 4.15. The zero-order chi connectivity index (χ0) is 21.4. The molecular weight excluding hydrogens is 391 g/mol. The van der Waals surface area contributed by atoms with Crippen molar-refractivity contribution >= 4 is 23.2 Å². The van der Waals surface area contributed by atoms with Crippen molar-refractivity contribution in [3.63, 3.8) is 0 Å². The van der Waals surface area contributed by atoms with Gasteiger partial charge < -0.3 is 25.3 Å². The number of nitrogens with one attached hydrogen (secondary N) is 3. The maximum atomic E-state index is 12.8. The van der Waals surface area contributed by atoms with Gasteiger partial charge in [-0.1, -0.05) is 6.07 Å². The van der Waals surface area contributed by atoms with Crippen LogP contribution in [0.25, 0.3) is 11.0 Å². The Kier molecular flexibility index (Phi) is 5.33. The van der Waals surface area contributed by atoms with Gasteiger partial charge in [-0.15, -0.1) is 0 Å². The number of urea groups is 1. The molecule has 1 atom stereocenters. The summed E-state index contributed by atoms with van der Waals surface area (Å²) in [6.07, 6.45) is -5.05. The number of benzene rings is 1. The Bertz CT molecular complexity index is 920. The molecule has 1 aliphatic heterocycles. The number of aromatic nitrogens is 2. The Morgan fingerprint density at radius 2 is 2.07 bits per heavy atom. The molecule has 3 rings (SSSR count). The molecule has 3 amide bonds. The van der Waals surface area contributed by atoms with Crippen molar-refractivity contribution in [1.29, 1.82) is 0 Å². The number of amides is 3. The van der Waals surface area contributed by atoms with E-state index in [1.54, 1.807) is 39.0 Å². The summed E-state index contributed by atoms with van der Waals surface area (Å²) in [6, 6.07) is 2.50. The van der Waals surface area contributed by atoms with E-state index in [2.05, 4.69) is 15.3 Å². The highest BCUT2D eigenvalue weighted by Crippen LogP contribution is 2.25. The Morgan fingerprint density at radius 1 is 1.34 bits per heavy atom. The highest BCUT2D eigenvalue weighted by Gasteiger charge is 2.46. The summed E-state index contributed by atoms with van der Waals surface area (Å²) in [4.78, 5) is 32.0. The molecule has 1 unspecified atom stereocenters. The van der Waals surface area contributed by atoms with Gasteiger partial charge in [-0.05, 0) is 38.5 Å². The second-order valence-electron chi connectivity index (χ2n) is 7.81. The summed E-state index contributed by atoms with van der Waals surface area (Å²) < 4.78 is 43.5. The van der Waals surface area contributed by atoms with E-state index in [9.17, 15) is 22.8 Å². The molecule has 1 aromatic carbocycles. The standard InChI is InChI=1S/C18H22F3N5O3/c1-17(2,3)29-16(28)22-7-14-23-11-5-4-10(6-12(11)24-14)8-26-9-13(18(19,20)21)25-15(26)27/h4-6,13H,7-9H2,1-3H3,(H,22,28)(H,23,24)(H,25,27). The molecule has 3 N–H and O–H groups in total. The normalized spacial score (nSPS) is 17.5. The van der Waals surface area contributed by atoms with Gasteiger partial charge in [0.1, 0.15) is 17.5 Å². The summed E-state index contributed by atoms with van der Waals surface area (Å²) in [6.45, 7) is 5.00. The molecule has 2 heterocycles. The monoisotopic (exact) mass is 413 g/mol. The van der Waals surface area contributed by atoms with E-state index >= 15 is 0 Å². The van der Waals surface area contributed by atoms with Crippen LogP contribution in [0, 0.1) is 0 Å². The number of hydrogen-bond acceptors (Lipinski definition) is 4. The molecule has 0 bridgehead atoms. The third-order valence-electron chi connectivity index (χ3n) is 4.15. The first-order valence-corrected chi connectivity index (χ1v) is 8.97. The van der Waals surface area contributed by atoms with Crippen molar-refractivity contribution in [3.05, 3.63) is 29.6 Å². The number of nitrogens with zero attached hydrogens (tertiary/aromatic N) is 2. The molecule has 0 saturated carbocycles.